The van der Waals surface area contributed by atoms with E-state index < -0.39 is 28.3 Å². The molecule has 0 saturated heterocycles. The molecule has 2 rings (SSSR count). The number of carbonyl (C=O) groups excluding carboxylic acids is 2. The van der Waals surface area contributed by atoms with Gasteiger partial charge in [-0.1, -0.05) is 17.7 Å². The summed E-state index contributed by atoms with van der Waals surface area (Å²) >= 11 is 5.89. The monoisotopic (exact) mass is 392 g/mol. The SMILES string of the molecule is CS(=O)(=O)c1ccc(Cl)c(C(=O)OCC(=O)Nc2cccc(C#N)c2)c1. The molecule has 0 aromatic heterocycles. The molecule has 0 heterocycles. The van der Waals surface area contributed by atoms with Crippen molar-refractivity contribution in [1.82, 2.24) is 0 Å². The highest BCUT2D eigenvalue weighted by Gasteiger charge is 2.17. The lowest BCUT2D eigenvalue weighted by molar-refractivity contribution is -0.119. The summed E-state index contributed by atoms with van der Waals surface area (Å²) in [6.45, 7) is -0.602. The third-order valence-electron chi connectivity index (χ3n) is 3.20. The van der Waals surface area contributed by atoms with E-state index in [0.717, 1.165) is 12.3 Å². The Labute approximate surface area is 155 Å². The van der Waals surface area contributed by atoms with Crippen molar-refractivity contribution in [3.05, 3.63) is 58.6 Å². The summed E-state index contributed by atoms with van der Waals surface area (Å²) in [5.74, 6) is -1.55. The number of hydrogen-bond donors (Lipinski definition) is 1. The van der Waals surface area contributed by atoms with Gasteiger partial charge in [-0.25, -0.2) is 13.2 Å². The number of nitrogens with zero attached hydrogens (tertiary/aromatic N) is 1. The molecule has 0 spiro atoms. The maximum Gasteiger partial charge on any atom is 0.340 e. The second-order valence-corrected chi connectivity index (χ2v) is 7.65. The van der Waals surface area contributed by atoms with Crippen molar-refractivity contribution in [2.24, 2.45) is 0 Å². The molecular formula is C17H13ClN2O5S. The lowest BCUT2D eigenvalue weighted by Crippen LogP contribution is -2.21. The van der Waals surface area contributed by atoms with Crippen LogP contribution < -0.4 is 5.32 Å². The maximum atomic E-state index is 12.1. The first-order valence-electron chi connectivity index (χ1n) is 7.17. The molecule has 0 radical (unpaired) electrons. The van der Waals surface area contributed by atoms with Crippen molar-refractivity contribution in [2.45, 2.75) is 4.90 Å². The molecule has 2 aromatic carbocycles. The average molecular weight is 393 g/mol. The van der Waals surface area contributed by atoms with Crippen LogP contribution in [0.25, 0.3) is 0 Å². The van der Waals surface area contributed by atoms with Gasteiger partial charge in [0.1, 0.15) is 0 Å². The molecular weight excluding hydrogens is 380 g/mol. The van der Waals surface area contributed by atoms with E-state index in [0.29, 0.717) is 11.3 Å². The van der Waals surface area contributed by atoms with E-state index in [1.807, 2.05) is 6.07 Å². The summed E-state index contributed by atoms with van der Waals surface area (Å²) < 4.78 is 28.0. The van der Waals surface area contributed by atoms with Crippen LogP contribution in [0.5, 0.6) is 0 Å². The van der Waals surface area contributed by atoms with Crippen molar-refractivity contribution < 1.29 is 22.7 Å². The Morgan fingerprint density at radius 2 is 1.96 bits per heavy atom. The van der Waals surface area contributed by atoms with Gasteiger partial charge >= 0.3 is 5.97 Å². The van der Waals surface area contributed by atoms with Gasteiger partial charge in [0, 0.05) is 11.9 Å². The highest BCUT2D eigenvalue weighted by molar-refractivity contribution is 7.90. The first kappa shape index (κ1) is 19.4. The number of sulfone groups is 1. The van der Waals surface area contributed by atoms with E-state index >= 15 is 0 Å². The molecule has 0 saturated carbocycles. The van der Waals surface area contributed by atoms with Gasteiger partial charge in [0.25, 0.3) is 5.91 Å². The second kappa shape index (κ2) is 7.99. The number of hydrogen-bond acceptors (Lipinski definition) is 6. The number of anilines is 1. The number of nitriles is 1. The van der Waals surface area contributed by atoms with Gasteiger partial charge in [-0.3, -0.25) is 4.79 Å². The highest BCUT2D eigenvalue weighted by atomic mass is 35.5. The van der Waals surface area contributed by atoms with Crippen LogP contribution in [-0.2, 0) is 19.4 Å². The standard InChI is InChI=1S/C17H13ClN2O5S/c1-26(23,24)13-5-6-15(18)14(8-13)17(22)25-10-16(21)20-12-4-2-3-11(7-12)9-19/h2-8H,10H2,1H3,(H,20,21). The molecule has 0 aliphatic heterocycles. The summed E-state index contributed by atoms with van der Waals surface area (Å²) in [5.41, 5.74) is 0.584. The van der Waals surface area contributed by atoms with Crippen LogP contribution in [0.3, 0.4) is 0 Å². The van der Waals surface area contributed by atoms with Gasteiger partial charge in [0.05, 0.1) is 27.1 Å². The summed E-state index contributed by atoms with van der Waals surface area (Å²) in [6, 6.07) is 11.8. The predicted octanol–water partition coefficient (Wildman–Crippen LogP) is 2.41. The minimum atomic E-state index is -3.53. The fraction of sp³-hybridized carbons (Fsp3) is 0.118. The van der Waals surface area contributed by atoms with Gasteiger partial charge in [-0.2, -0.15) is 5.26 Å². The van der Waals surface area contributed by atoms with Crippen LogP contribution in [0.15, 0.2) is 47.4 Å². The van der Waals surface area contributed by atoms with E-state index in [4.69, 9.17) is 21.6 Å². The van der Waals surface area contributed by atoms with Crippen molar-refractivity contribution in [2.75, 3.05) is 18.2 Å². The topological polar surface area (TPSA) is 113 Å². The van der Waals surface area contributed by atoms with Gasteiger partial charge in [-0.05, 0) is 36.4 Å². The fourth-order valence-corrected chi connectivity index (χ4v) is 2.81. The van der Waals surface area contributed by atoms with Gasteiger partial charge in [0.15, 0.2) is 16.4 Å². The Morgan fingerprint density at radius 3 is 2.62 bits per heavy atom. The predicted molar refractivity (Wildman–Crippen MR) is 94.6 cm³/mol. The Bertz CT molecular complexity index is 1010. The zero-order valence-corrected chi connectivity index (χ0v) is 15.1. The van der Waals surface area contributed by atoms with Crippen LogP contribution in [0.4, 0.5) is 5.69 Å². The van der Waals surface area contributed by atoms with E-state index in [9.17, 15) is 18.0 Å². The van der Waals surface area contributed by atoms with E-state index in [2.05, 4.69) is 5.32 Å². The lowest BCUT2D eigenvalue weighted by Gasteiger charge is -2.09. The Kier molecular flexibility index (Phi) is 5.97. The Morgan fingerprint density at radius 1 is 1.23 bits per heavy atom. The third kappa shape index (κ3) is 5.05. The molecule has 7 nitrogen and oxygen atoms in total. The zero-order valence-electron chi connectivity index (χ0n) is 13.5. The van der Waals surface area contributed by atoms with Gasteiger partial charge < -0.3 is 10.1 Å². The molecule has 1 N–H and O–H groups in total. The maximum absolute atomic E-state index is 12.1. The second-order valence-electron chi connectivity index (χ2n) is 5.23. The molecule has 0 unspecified atom stereocenters. The number of benzene rings is 2. The van der Waals surface area contributed by atoms with Crippen LogP contribution in [-0.4, -0.2) is 33.2 Å². The van der Waals surface area contributed by atoms with Crippen LogP contribution in [0, 0.1) is 11.3 Å². The number of esters is 1. The van der Waals surface area contributed by atoms with Crippen molar-refractivity contribution in [1.29, 1.82) is 5.26 Å². The number of carbonyl (C=O) groups is 2. The smallest absolute Gasteiger partial charge is 0.340 e. The molecule has 0 aliphatic rings. The lowest BCUT2D eigenvalue weighted by atomic mass is 10.2. The summed E-state index contributed by atoms with van der Waals surface area (Å²) in [4.78, 5) is 23.8. The van der Waals surface area contributed by atoms with E-state index in [1.54, 1.807) is 18.2 Å². The highest BCUT2D eigenvalue weighted by Crippen LogP contribution is 2.21. The summed E-state index contributed by atoms with van der Waals surface area (Å²) in [5, 5.41) is 11.3. The molecule has 0 fully saturated rings. The molecule has 0 aliphatic carbocycles. The molecule has 9 heteroatoms. The van der Waals surface area contributed by atoms with Gasteiger partial charge in [0.2, 0.25) is 0 Å². The molecule has 0 atom stereocenters. The van der Waals surface area contributed by atoms with Crippen molar-refractivity contribution in [3.63, 3.8) is 0 Å². The molecule has 0 bridgehead atoms. The van der Waals surface area contributed by atoms with Gasteiger partial charge in [-0.15, -0.1) is 0 Å². The minimum Gasteiger partial charge on any atom is -0.452 e. The number of rotatable bonds is 5. The number of amides is 1. The first-order chi connectivity index (χ1) is 12.2. The quantitative estimate of drug-likeness (QED) is 0.781. The summed E-state index contributed by atoms with van der Waals surface area (Å²) in [6.07, 6.45) is 0.994. The Hall–Kier alpha value is -2.89. The molecule has 26 heavy (non-hydrogen) atoms. The Balaban J connectivity index is 2.04. The molecule has 134 valence electrons. The zero-order chi connectivity index (χ0) is 19.3. The van der Waals surface area contributed by atoms with Crippen LogP contribution in [0.1, 0.15) is 15.9 Å². The molecule has 1 amide bonds. The normalized spacial score (nSPS) is 10.7. The van der Waals surface area contributed by atoms with Crippen LogP contribution >= 0.6 is 11.6 Å². The summed E-state index contributed by atoms with van der Waals surface area (Å²) in [7, 11) is -3.53. The van der Waals surface area contributed by atoms with Crippen LogP contribution in [0.2, 0.25) is 5.02 Å². The average Bonchev–Trinajstić information content (AvgIpc) is 2.59. The number of halogens is 1. The minimum absolute atomic E-state index is 0.00419. The van der Waals surface area contributed by atoms with Crippen molar-refractivity contribution in [3.8, 4) is 6.07 Å². The van der Waals surface area contributed by atoms with E-state index in [-0.39, 0.29) is 15.5 Å². The third-order valence-corrected chi connectivity index (χ3v) is 4.64. The molecule has 2 aromatic rings. The fourth-order valence-electron chi connectivity index (χ4n) is 1.96. The number of nitrogens with one attached hydrogen (secondary N) is 1. The first-order valence-corrected chi connectivity index (χ1v) is 9.44. The van der Waals surface area contributed by atoms with Crippen molar-refractivity contribution >= 4 is 39.0 Å². The van der Waals surface area contributed by atoms with E-state index in [1.165, 1.54) is 18.2 Å². The largest absolute Gasteiger partial charge is 0.452 e. The number of ether oxygens (including phenoxy) is 1.